The van der Waals surface area contributed by atoms with Crippen LogP contribution in [0.15, 0.2) is 53.7 Å². The van der Waals surface area contributed by atoms with Gasteiger partial charge >= 0.3 is 0 Å². The van der Waals surface area contributed by atoms with Gasteiger partial charge < -0.3 is 0 Å². The van der Waals surface area contributed by atoms with Crippen molar-refractivity contribution in [2.24, 2.45) is 0 Å². The molecule has 3 aromatic rings. The molecule has 128 valence electrons. The van der Waals surface area contributed by atoms with Crippen LogP contribution in [0, 0.1) is 6.92 Å². The van der Waals surface area contributed by atoms with Crippen molar-refractivity contribution in [3.05, 3.63) is 65.2 Å². The zero-order valence-corrected chi connectivity index (χ0v) is 15.3. The summed E-state index contributed by atoms with van der Waals surface area (Å²) in [7, 11) is 0. The first-order valence-corrected chi connectivity index (χ1v) is 9.11. The number of nitrogens with zero attached hydrogens (tertiary/aromatic N) is 4. The van der Waals surface area contributed by atoms with Crippen molar-refractivity contribution in [2.75, 3.05) is 0 Å². The third-order valence-corrected chi connectivity index (χ3v) is 5.05. The molecule has 2 aromatic carbocycles. The maximum Gasteiger partial charge on any atom is 0.214 e. The largest absolute Gasteiger partial charge is 0.293 e. The zero-order valence-electron chi connectivity index (χ0n) is 14.5. The summed E-state index contributed by atoms with van der Waals surface area (Å²) in [5.74, 6) is 0.0751. The number of aromatic nitrogens is 4. The minimum atomic E-state index is -0.275. The molecule has 0 bridgehead atoms. The fraction of sp³-hybridized carbons (Fsp3) is 0.263. The van der Waals surface area contributed by atoms with E-state index in [1.165, 1.54) is 22.9 Å². The first kappa shape index (κ1) is 17.4. The number of tetrazole rings is 1. The molecule has 0 amide bonds. The summed E-state index contributed by atoms with van der Waals surface area (Å²) in [6.07, 6.45) is 0.962. The second-order valence-corrected chi connectivity index (χ2v) is 7.19. The number of Topliss-reactive ketones (excluding diaryl/α,β-unsaturated/α-hetero) is 1. The highest BCUT2D eigenvalue weighted by Gasteiger charge is 2.20. The second-order valence-electron chi connectivity index (χ2n) is 5.88. The van der Waals surface area contributed by atoms with Gasteiger partial charge in [0.15, 0.2) is 5.78 Å². The Labute approximate surface area is 151 Å². The maximum absolute atomic E-state index is 12.7. The molecule has 1 aromatic heterocycles. The molecule has 0 fully saturated rings. The number of rotatable bonds is 6. The zero-order chi connectivity index (χ0) is 17.8. The summed E-state index contributed by atoms with van der Waals surface area (Å²) in [5.41, 5.74) is 3.99. The molecule has 0 aliphatic carbocycles. The molecule has 1 atom stereocenters. The Morgan fingerprint density at radius 1 is 1.12 bits per heavy atom. The van der Waals surface area contributed by atoms with E-state index in [1.807, 2.05) is 62.4 Å². The van der Waals surface area contributed by atoms with Crippen LogP contribution in [0.5, 0.6) is 0 Å². The molecule has 5 nitrogen and oxygen atoms in total. The normalized spacial score (nSPS) is 12.1. The van der Waals surface area contributed by atoms with E-state index < -0.39 is 0 Å². The molecule has 0 saturated heterocycles. The van der Waals surface area contributed by atoms with Crippen LogP contribution >= 0.6 is 11.8 Å². The van der Waals surface area contributed by atoms with Gasteiger partial charge in [0.05, 0.1) is 10.9 Å². The Balaban J connectivity index is 1.77. The van der Waals surface area contributed by atoms with E-state index in [4.69, 9.17) is 0 Å². The lowest BCUT2D eigenvalue weighted by Gasteiger charge is -2.10. The second kappa shape index (κ2) is 7.61. The highest BCUT2D eigenvalue weighted by Crippen LogP contribution is 2.25. The molecule has 0 saturated carbocycles. The third-order valence-electron chi connectivity index (χ3n) is 4.02. The molecule has 0 aliphatic rings. The van der Waals surface area contributed by atoms with Crippen LogP contribution in [0.4, 0.5) is 0 Å². The van der Waals surface area contributed by atoms with Gasteiger partial charge in [0.1, 0.15) is 0 Å². The van der Waals surface area contributed by atoms with Crippen LogP contribution in [0.1, 0.15) is 35.3 Å². The Bertz CT molecular complexity index is 856. The monoisotopic (exact) mass is 352 g/mol. The lowest BCUT2D eigenvalue weighted by Crippen LogP contribution is -2.14. The Kier molecular flexibility index (Phi) is 5.28. The molecular formula is C19H20N4OS. The van der Waals surface area contributed by atoms with E-state index in [2.05, 4.69) is 22.4 Å². The topological polar surface area (TPSA) is 60.7 Å². The maximum atomic E-state index is 12.7. The molecule has 25 heavy (non-hydrogen) atoms. The van der Waals surface area contributed by atoms with Crippen molar-refractivity contribution in [1.82, 2.24) is 20.2 Å². The predicted molar refractivity (Wildman–Crippen MR) is 99.4 cm³/mol. The van der Waals surface area contributed by atoms with Gasteiger partial charge in [0.25, 0.3) is 0 Å². The van der Waals surface area contributed by atoms with Crippen LogP contribution in [0.25, 0.3) is 5.69 Å². The summed E-state index contributed by atoms with van der Waals surface area (Å²) in [6.45, 7) is 6.01. The number of aryl methyl sites for hydroxylation is 2. The highest BCUT2D eigenvalue weighted by atomic mass is 32.2. The van der Waals surface area contributed by atoms with Gasteiger partial charge in [-0.15, -0.1) is 5.10 Å². The van der Waals surface area contributed by atoms with E-state index in [0.29, 0.717) is 10.7 Å². The molecule has 0 radical (unpaired) electrons. The van der Waals surface area contributed by atoms with Crippen LogP contribution in [0.3, 0.4) is 0 Å². The van der Waals surface area contributed by atoms with Gasteiger partial charge in [-0.1, -0.05) is 60.6 Å². The number of ketones is 1. The summed E-state index contributed by atoms with van der Waals surface area (Å²) in [5, 5.41) is 12.2. The van der Waals surface area contributed by atoms with Crippen LogP contribution < -0.4 is 0 Å². The molecule has 0 unspecified atom stereocenters. The van der Waals surface area contributed by atoms with E-state index in [9.17, 15) is 4.79 Å². The SMILES string of the molecule is CCc1ccc(C(=O)[C@H](C)Sc2nnnn2-c2ccc(C)cc2)cc1. The van der Waals surface area contributed by atoms with Gasteiger partial charge in [0, 0.05) is 5.56 Å². The fourth-order valence-electron chi connectivity index (χ4n) is 2.45. The average Bonchev–Trinajstić information content (AvgIpc) is 3.10. The van der Waals surface area contributed by atoms with Gasteiger partial charge in [0.2, 0.25) is 5.16 Å². The number of benzene rings is 2. The number of thioether (sulfide) groups is 1. The summed E-state index contributed by atoms with van der Waals surface area (Å²) < 4.78 is 1.66. The summed E-state index contributed by atoms with van der Waals surface area (Å²) in [4.78, 5) is 12.7. The van der Waals surface area contributed by atoms with Gasteiger partial charge in [-0.25, -0.2) is 0 Å². The van der Waals surface area contributed by atoms with Gasteiger partial charge in [-0.2, -0.15) is 4.68 Å². The first-order chi connectivity index (χ1) is 12.1. The number of hydrogen-bond donors (Lipinski definition) is 0. The number of hydrogen-bond acceptors (Lipinski definition) is 5. The minimum Gasteiger partial charge on any atom is -0.293 e. The standard InChI is InChI=1S/C19H20N4OS/c1-4-15-7-9-16(10-8-15)18(24)14(3)25-19-20-21-22-23(19)17-11-5-13(2)6-12-17/h5-12,14H,4H2,1-3H3/t14-/m0/s1. The van der Waals surface area contributed by atoms with Crippen LogP contribution in [-0.2, 0) is 6.42 Å². The molecule has 3 rings (SSSR count). The van der Waals surface area contributed by atoms with Gasteiger partial charge in [-0.3, -0.25) is 4.79 Å². The molecule has 0 spiro atoms. The van der Waals surface area contributed by atoms with E-state index in [1.54, 1.807) is 4.68 Å². The lowest BCUT2D eigenvalue weighted by atomic mass is 10.1. The van der Waals surface area contributed by atoms with Crippen molar-refractivity contribution in [2.45, 2.75) is 37.6 Å². The van der Waals surface area contributed by atoms with E-state index in [0.717, 1.165) is 12.1 Å². The van der Waals surface area contributed by atoms with E-state index >= 15 is 0 Å². The molecular weight excluding hydrogens is 332 g/mol. The van der Waals surface area contributed by atoms with Gasteiger partial charge in [-0.05, 0) is 48.4 Å². The quantitative estimate of drug-likeness (QED) is 0.497. The molecule has 0 N–H and O–H groups in total. The summed E-state index contributed by atoms with van der Waals surface area (Å²) >= 11 is 1.37. The first-order valence-electron chi connectivity index (χ1n) is 8.23. The molecule has 0 aliphatic heterocycles. The number of carbonyl (C=O) groups excluding carboxylic acids is 1. The Morgan fingerprint density at radius 3 is 2.44 bits per heavy atom. The number of carbonyl (C=O) groups is 1. The van der Waals surface area contributed by atoms with Crippen molar-refractivity contribution >= 4 is 17.5 Å². The van der Waals surface area contributed by atoms with Crippen molar-refractivity contribution in [3.8, 4) is 5.69 Å². The third kappa shape index (κ3) is 3.96. The average molecular weight is 352 g/mol. The van der Waals surface area contributed by atoms with E-state index in [-0.39, 0.29) is 11.0 Å². The minimum absolute atomic E-state index is 0.0751. The van der Waals surface area contributed by atoms with Crippen LogP contribution in [-0.4, -0.2) is 31.2 Å². The van der Waals surface area contributed by atoms with Crippen molar-refractivity contribution in [3.63, 3.8) is 0 Å². The smallest absolute Gasteiger partial charge is 0.214 e. The summed E-state index contributed by atoms with van der Waals surface area (Å²) in [6, 6.07) is 15.7. The van der Waals surface area contributed by atoms with Crippen molar-refractivity contribution in [1.29, 1.82) is 0 Å². The molecule has 6 heteroatoms. The predicted octanol–water partition coefficient (Wildman–Crippen LogP) is 3.90. The lowest BCUT2D eigenvalue weighted by molar-refractivity contribution is 0.0994. The van der Waals surface area contributed by atoms with Crippen molar-refractivity contribution < 1.29 is 4.79 Å². The molecule has 1 heterocycles. The van der Waals surface area contributed by atoms with Crippen LogP contribution in [0.2, 0.25) is 0 Å². The Morgan fingerprint density at radius 2 is 1.80 bits per heavy atom. The highest BCUT2D eigenvalue weighted by molar-refractivity contribution is 8.00. The fourth-order valence-corrected chi connectivity index (χ4v) is 3.34. The Hall–Kier alpha value is -2.47.